The molecule has 1 aromatic carbocycles. The van der Waals surface area contributed by atoms with Gasteiger partial charge in [-0.3, -0.25) is 4.79 Å². The molecule has 1 aromatic rings. The van der Waals surface area contributed by atoms with Crippen molar-refractivity contribution >= 4 is 5.97 Å². The zero-order chi connectivity index (χ0) is 14.0. The summed E-state index contributed by atoms with van der Waals surface area (Å²) >= 11 is 0. The molecule has 0 aromatic heterocycles. The summed E-state index contributed by atoms with van der Waals surface area (Å²) in [6.07, 6.45) is 2.21. The van der Waals surface area contributed by atoms with Crippen molar-refractivity contribution < 1.29 is 19.0 Å². The number of benzene rings is 1. The Morgan fingerprint density at radius 1 is 1.47 bits per heavy atom. The van der Waals surface area contributed by atoms with Crippen LogP contribution >= 0.6 is 0 Å². The number of carboxylic acids is 1. The Hall–Kier alpha value is -1.42. The standard InChI is InChI=1S/C15H19FO3/c1-15(2)8-7-12(19-15)9-13(14(17)18)10-3-5-11(16)6-4-10/h3-6,12-13H,7-9H2,1-2H3,(H,17,18). The van der Waals surface area contributed by atoms with E-state index in [2.05, 4.69) is 0 Å². The van der Waals surface area contributed by atoms with E-state index in [1.54, 1.807) is 0 Å². The van der Waals surface area contributed by atoms with Crippen LogP contribution in [-0.4, -0.2) is 22.8 Å². The molecule has 3 nitrogen and oxygen atoms in total. The summed E-state index contributed by atoms with van der Waals surface area (Å²) in [5, 5.41) is 9.34. The van der Waals surface area contributed by atoms with E-state index in [0.29, 0.717) is 12.0 Å². The molecule has 0 bridgehead atoms. The molecule has 1 N–H and O–H groups in total. The second-order valence-electron chi connectivity index (χ2n) is 5.72. The van der Waals surface area contributed by atoms with Crippen LogP contribution in [0.4, 0.5) is 4.39 Å². The molecule has 1 heterocycles. The fraction of sp³-hybridized carbons (Fsp3) is 0.533. The minimum Gasteiger partial charge on any atom is -0.481 e. The third-order valence-electron chi connectivity index (χ3n) is 3.62. The number of ether oxygens (including phenoxy) is 1. The summed E-state index contributed by atoms with van der Waals surface area (Å²) in [6.45, 7) is 4.03. The maximum atomic E-state index is 12.9. The van der Waals surface area contributed by atoms with Gasteiger partial charge in [0.05, 0.1) is 17.6 Å². The van der Waals surface area contributed by atoms with Crippen LogP contribution in [0.1, 0.15) is 44.6 Å². The van der Waals surface area contributed by atoms with Crippen LogP contribution in [-0.2, 0) is 9.53 Å². The number of aliphatic carboxylic acids is 1. The summed E-state index contributed by atoms with van der Waals surface area (Å²) < 4.78 is 18.7. The maximum Gasteiger partial charge on any atom is 0.311 e. The number of carboxylic acid groups (broad SMARTS) is 1. The first-order valence-electron chi connectivity index (χ1n) is 6.53. The molecule has 0 aliphatic carbocycles. The van der Waals surface area contributed by atoms with Crippen LogP contribution in [0, 0.1) is 5.82 Å². The molecular formula is C15H19FO3. The van der Waals surface area contributed by atoms with E-state index in [1.165, 1.54) is 24.3 Å². The van der Waals surface area contributed by atoms with Gasteiger partial charge in [-0.1, -0.05) is 12.1 Å². The normalized spacial score (nSPS) is 23.2. The maximum absolute atomic E-state index is 12.9. The van der Waals surface area contributed by atoms with Gasteiger partial charge in [-0.05, 0) is 50.8 Å². The molecule has 2 unspecified atom stereocenters. The Kier molecular flexibility index (Phi) is 3.90. The Labute approximate surface area is 112 Å². The SMILES string of the molecule is CC1(C)CCC(CC(C(=O)O)c2ccc(F)cc2)O1. The van der Waals surface area contributed by atoms with Gasteiger partial charge < -0.3 is 9.84 Å². The highest BCUT2D eigenvalue weighted by Crippen LogP contribution is 2.35. The van der Waals surface area contributed by atoms with E-state index in [-0.39, 0.29) is 17.5 Å². The van der Waals surface area contributed by atoms with E-state index < -0.39 is 11.9 Å². The minimum atomic E-state index is -0.889. The lowest BCUT2D eigenvalue weighted by molar-refractivity contribution is -0.140. The predicted molar refractivity (Wildman–Crippen MR) is 69.6 cm³/mol. The molecule has 4 heteroatoms. The minimum absolute atomic E-state index is 0.0406. The van der Waals surface area contributed by atoms with E-state index in [1.807, 2.05) is 13.8 Å². The topological polar surface area (TPSA) is 46.5 Å². The van der Waals surface area contributed by atoms with Crippen LogP contribution in [0.15, 0.2) is 24.3 Å². The van der Waals surface area contributed by atoms with Crippen LogP contribution in [0.5, 0.6) is 0 Å². The Balaban J connectivity index is 2.09. The molecule has 2 rings (SSSR count). The van der Waals surface area contributed by atoms with Gasteiger partial charge in [-0.15, -0.1) is 0 Å². The quantitative estimate of drug-likeness (QED) is 0.909. The summed E-state index contributed by atoms with van der Waals surface area (Å²) in [5.74, 6) is -1.88. The number of halogens is 1. The van der Waals surface area contributed by atoms with Crippen LogP contribution < -0.4 is 0 Å². The second-order valence-corrected chi connectivity index (χ2v) is 5.72. The van der Waals surface area contributed by atoms with E-state index in [9.17, 15) is 14.3 Å². The van der Waals surface area contributed by atoms with Gasteiger partial charge in [-0.25, -0.2) is 4.39 Å². The van der Waals surface area contributed by atoms with Gasteiger partial charge in [0, 0.05) is 0 Å². The van der Waals surface area contributed by atoms with Gasteiger partial charge in [0.25, 0.3) is 0 Å². The highest BCUT2D eigenvalue weighted by atomic mass is 19.1. The average Bonchev–Trinajstić information content (AvgIpc) is 2.67. The van der Waals surface area contributed by atoms with Gasteiger partial charge >= 0.3 is 5.97 Å². The highest BCUT2D eigenvalue weighted by molar-refractivity contribution is 5.76. The van der Waals surface area contributed by atoms with E-state index >= 15 is 0 Å². The van der Waals surface area contributed by atoms with E-state index in [0.717, 1.165) is 12.8 Å². The lowest BCUT2D eigenvalue weighted by atomic mass is 9.92. The predicted octanol–water partition coefficient (Wildman–Crippen LogP) is 3.34. The second kappa shape index (κ2) is 5.29. The summed E-state index contributed by atoms with van der Waals surface area (Å²) in [5.41, 5.74) is 0.457. The Morgan fingerprint density at radius 2 is 2.11 bits per heavy atom. The van der Waals surface area contributed by atoms with Gasteiger partial charge in [0.15, 0.2) is 0 Å². The number of hydrogen-bond acceptors (Lipinski definition) is 2. The molecule has 1 aliphatic heterocycles. The zero-order valence-corrected chi connectivity index (χ0v) is 11.2. The first-order chi connectivity index (χ1) is 8.87. The first-order valence-corrected chi connectivity index (χ1v) is 6.53. The lowest BCUT2D eigenvalue weighted by Crippen LogP contribution is -2.23. The fourth-order valence-corrected chi connectivity index (χ4v) is 2.58. The smallest absolute Gasteiger partial charge is 0.311 e. The molecule has 1 fully saturated rings. The molecule has 19 heavy (non-hydrogen) atoms. The summed E-state index contributed by atoms with van der Waals surface area (Å²) in [6, 6.07) is 5.66. The molecule has 2 atom stereocenters. The van der Waals surface area contributed by atoms with Crippen molar-refractivity contribution in [3.63, 3.8) is 0 Å². The highest BCUT2D eigenvalue weighted by Gasteiger charge is 2.34. The van der Waals surface area contributed by atoms with Crippen molar-refractivity contribution in [1.29, 1.82) is 0 Å². The summed E-state index contributed by atoms with van der Waals surface area (Å²) in [4.78, 5) is 11.4. The average molecular weight is 266 g/mol. The third kappa shape index (κ3) is 3.53. The Bertz CT molecular complexity index is 453. The molecule has 1 saturated heterocycles. The van der Waals surface area contributed by atoms with E-state index in [4.69, 9.17) is 4.74 Å². The van der Waals surface area contributed by atoms with Gasteiger partial charge in [0.2, 0.25) is 0 Å². The number of rotatable bonds is 4. The van der Waals surface area contributed by atoms with Crippen LogP contribution in [0.25, 0.3) is 0 Å². The molecular weight excluding hydrogens is 247 g/mol. The fourth-order valence-electron chi connectivity index (χ4n) is 2.58. The lowest BCUT2D eigenvalue weighted by Gasteiger charge is -2.21. The molecule has 1 aliphatic rings. The van der Waals surface area contributed by atoms with Crippen LogP contribution in [0.2, 0.25) is 0 Å². The monoisotopic (exact) mass is 266 g/mol. The van der Waals surface area contributed by atoms with Crippen molar-refractivity contribution in [1.82, 2.24) is 0 Å². The molecule has 0 saturated carbocycles. The first kappa shape index (κ1) is 14.0. The van der Waals surface area contributed by atoms with Crippen molar-refractivity contribution in [2.75, 3.05) is 0 Å². The molecule has 0 radical (unpaired) electrons. The van der Waals surface area contributed by atoms with Crippen molar-refractivity contribution in [3.8, 4) is 0 Å². The zero-order valence-electron chi connectivity index (χ0n) is 11.2. The number of hydrogen-bond donors (Lipinski definition) is 1. The molecule has 0 amide bonds. The third-order valence-corrected chi connectivity index (χ3v) is 3.62. The van der Waals surface area contributed by atoms with Crippen molar-refractivity contribution in [2.45, 2.75) is 50.7 Å². The summed E-state index contributed by atoms with van der Waals surface area (Å²) in [7, 11) is 0. The van der Waals surface area contributed by atoms with Gasteiger partial charge in [-0.2, -0.15) is 0 Å². The Morgan fingerprint density at radius 3 is 2.58 bits per heavy atom. The molecule has 0 spiro atoms. The largest absolute Gasteiger partial charge is 0.481 e. The van der Waals surface area contributed by atoms with Crippen molar-refractivity contribution in [3.05, 3.63) is 35.6 Å². The molecule has 104 valence electrons. The van der Waals surface area contributed by atoms with Crippen molar-refractivity contribution in [2.24, 2.45) is 0 Å². The number of carbonyl (C=O) groups is 1. The van der Waals surface area contributed by atoms with Gasteiger partial charge in [0.1, 0.15) is 5.82 Å². The van der Waals surface area contributed by atoms with Crippen LogP contribution in [0.3, 0.4) is 0 Å².